The molecule has 4 rings (SSSR count). The van der Waals surface area contributed by atoms with Crippen molar-refractivity contribution in [2.75, 3.05) is 68.0 Å². The summed E-state index contributed by atoms with van der Waals surface area (Å²) >= 11 is 0. The predicted octanol–water partition coefficient (Wildman–Crippen LogP) is 4.83. The Morgan fingerprint density at radius 3 is 2.02 bits per heavy atom. The lowest BCUT2D eigenvalue weighted by molar-refractivity contribution is -0.142. The topological polar surface area (TPSA) is 147 Å². The molecule has 1 atom stereocenters. The molecule has 1 unspecified atom stereocenters. The van der Waals surface area contributed by atoms with Gasteiger partial charge in [-0.1, -0.05) is 42.5 Å². The Morgan fingerprint density at radius 1 is 0.686 bits per heavy atom. The summed E-state index contributed by atoms with van der Waals surface area (Å²) in [5.41, 5.74) is 2.61. The first-order chi connectivity index (χ1) is 24.5. The number of anilines is 4. The molecule has 0 aliphatic carbocycles. The maximum atomic E-state index is 13.7. The van der Waals surface area contributed by atoms with Crippen LogP contribution in [0, 0.1) is 0 Å². The van der Waals surface area contributed by atoms with E-state index in [1.165, 1.54) is 21.8 Å². The molecular weight excluding hydrogens is 654 g/mol. The normalized spacial score (nSPS) is 11.0. The van der Waals surface area contributed by atoms with E-state index in [4.69, 9.17) is 14.2 Å². The van der Waals surface area contributed by atoms with Gasteiger partial charge in [-0.3, -0.25) is 19.2 Å². The van der Waals surface area contributed by atoms with Crippen molar-refractivity contribution < 1.29 is 38.2 Å². The van der Waals surface area contributed by atoms with Gasteiger partial charge in [0.2, 0.25) is 11.8 Å². The van der Waals surface area contributed by atoms with Crippen LogP contribution in [0.4, 0.5) is 27.5 Å². The highest BCUT2D eigenvalue weighted by Crippen LogP contribution is 2.24. The van der Waals surface area contributed by atoms with Gasteiger partial charge in [0.1, 0.15) is 18.0 Å². The van der Waals surface area contributed by atoms with E-state index < -0.39 is 36.3 Å². The minimum absolute atomic E-state index is 0.285. The number of hydrogen-bond acceptors (Lipinski definition) is 8. The number of nitrogens with zero attached hydrogens (tertiary/aromatic N) is 3. The van der Waals surface area contributed by atoms with Crippen LogP contribution in [0.15, 0.2) is 103 Å². The zero-order valence-corrected chi connectivity index (χ0v) is 29.1. The fourth-order valence-electron chi connectivity index (χ4n) is 4.93. The highest BCUT2D eigenvalue weighted by Gasteiger charge is 2.24. The summed E-state index contributed by atoms with van der Waals surface area (Å²) < 4.78 is 15.9. The molecule has 5 amide bonds. The van der Waals surface area contributed by atoms with E-state index in [0.717, 1.165) is 0 Å². The molecule has 0 bridgehead atoms. The number of esters is 1. The molecule has 0 heterocycles. The van der Waals surface area contributed by atoms with Gasteiger partial charge >= 0.3 is 12.0 Å². The third kappa shape index (κ3) is 10.3. The van der Waals surface area contributed by atoms with Crippen LogP contribution in [0.1, 0.15) is 18.4 Å². The average molecular weight is 696 g/mol. The summed E-state index contributed by atoms with van der Waals surface area (Å²) in [6, 6.07) is 28.5. The molecule has 4 aromatic rings. The second kappa shape index (κ2) is 17.9. The van der Waals surface area contributed by atoms with E-state index >= 15 is 0 Å². The Hall–Kier alpha value is -6.37. The summed E-state index contributed by atoms with van der Waals surface area (Å²) in [6.07, 6.45) is 0. The van der Waals surface area contributed by atoms with Crippen molar-refractivity contribution in [3.8, 4) is 11.5 Å². The predicted molar refractivity (Wildman–Crippen MR) is 194 cm³/mol. The van der Waals surface area contributed by atoms with Crippen molar-refractivity contribution in [1.29, 1.82) is 0 Å². The summed E-state index contributed by atoms with van der Waals surface area (Å²) in [5.74, 6) is -1.39. The van der Waals surface area contributed by atoms with Gasteiger partial charge < -0.3 is 39.5 Å². The van der Waals surface area contributed by atoms with E-state index in [-0.39, 0.29) is 24.8 Å². The van der Waals surface area contributed by atoms with Gasteiger partial charge in [-0.15, -0.1) is 0 Å². The number of ether oxygens (including phenoxy) is 3. The van der Waals surface area contributed by atoms with Crippen LogP contribution in [-0.4, -0.2) is 77.7 Å². The molecule has 0 saturated heterocycles. The second-order valence-corrected chi connectivity index (χ2v) is 11.4. The van der Waals surface area contributed by atoms with Gasteiger partial charge in [-0.25, -0.2) is 4.79 Å². The number of nitrogens with one attached hydrogen (secondary N) is 2. The SMILES string of the molecule is COC(=O)C(C)c1cccc(NC(=O)NCC(=O)N(CC(=O)N(C)c2ccccc2)c2cccc(OCC(=O)N(C)c3cccc(OC)c3)c2)c1. The number of likely N-dealkylation sites (N-methyl/N-ethyl adjacent to an activating group) is 2. The third-order valence-corrected chi connectivity index (χ3v) is 8.02. The molecule has 0 aliphatic rings. The number of benzene rings is 4. The first kappa shape index (κ1) is 37.4. The Balaban J connectivity index is 1.47. The van der Waals surface area contributed by atoms with Gasteiger partial charge in [0, 0.05) is 49.0 Å². The van der Waals surface area contributed by atoms with Crippen LogP contribution in [0.3, 0.4) is 0 Å². The molecule has 0 saturated carbocycles. The molecule has 0 radical (unpaired) electrons. The average Bonchev–Trinajstić information content (AvgIpc) is 3.17. The van der Waals surface area contributed by atoms with Crippen molar-refractivity contribution in [3.05, 3.63) is 109 Å². The maximum Gasteiger partial charge on any atom is 0.319 e. The lowest BCUT2D eigenvalue weighted by atomic mass is 10.0. The van der Waals surface area contributed by atoms with Crippen molar-refractivity contribution in [1.82, 2.24) is 5.32 Å². The van der Waals surface area contributed by atoms with Crippen LogP contribution >= 0.6 is 0 Å². The summed E-state index contributed by atoms with van der Waals surface area (Å²) in [5, 5.41) is 5.20. The van der Waals surface area contributed by atoms with E-state index in [0.29, 0.717) is 34.1 Å². The molecule has 0 aliphatic heterocycles. The summed E-state index contributed by atoms with van der Waals surface area (Å²) in [4.78, 5) is 69.0. The van der Waals surface area contributed by atoms with E-state index in [1.54, 1.807) is 125 Å². The van der Waals surface area contributed by atoms with Gasteiger partial charge in [-0.2, -0.15) is 0 Å². The van der Waals surface area contributed by atoms with E-state index in [9.17, 15) is 24.0 Å². The quantitative estimate of drug-likeness (QED) is 0.179. The molecule has 0 aromatic heterocycles. The molecule has 13 nitrogen and oxygen atoms in total. The minimum atomic E-state index is -0.672. The molecule has 51 heavy (non-hydrogen) atoms. The second-order valence-electron chi connectivity index (χ2n) is 11.4. The third-order valence-electron chi connectivity index (χ3n) is 8.02. The molecule has 2 N–H and O–H groups in total. The number of carbonyl (C=O) groups is 5. The lowest BCUT2D eigenvalue weighted by Crippen LogP contribution is -2.46. The highest BCUT2D eigenvalue weighted by atomic mass is 16.5. The molecule has 13 heteroatoms. The fourth-order valence-corrected chi connectivity index (χ4v) is 4.93. The van der Waals surface area contributed by atoms with Crippen LogP contribution in [0.25, 0.3) is 0 Å². The number of hydrogen-bond donors (Lipinski definition) is 2. The number of para-hydroxylation sites is 1. The fraction of sp³-hybridized carbons (Fsp3) is 0.237. The van der Waals surface area contributed by atoms with Crippen LogP contribution in [0.2, 0.25) is 0 Å². The van der Waals surface area contributed by atoms with Crippen molar-refractivity contribution in [3.63, 3.8) is 0 Å². The lowest BCUT2D eigenvalue weighted by Gasteiger charge is -2.26. The minimum Gasteiger partial charge on any atom is -0.497 e. The Morgan fingerprint density at radius 2 is 1.31 bits per heavy atom. The highest BCUT2D eigenvalue weighted by molar-refractivity contribution is 6.05. The molecular formula is C38H41N5O8. The Bertz CT molecular complexity index is 1850. The zero-order valence-electron chi connectivity index (χ0n) is 29.1. The standard InChI is InChI=1S/C38H41N5O8/c1-26(37(47)50-5)27-12-9-13-28(20-27)40-38(48)39-23-34(44)43(24-35(45)41(2)29-14-7-6-8-15-29)31-17-11-19-33(22-31)51-25-36(46)42(3)30-16-10-18-32(21-30)49-4/h6-22,26H,23-25H2,1-5H3,(H2,39,40,48). The first-order valence-corrected chi connectivity index (χ1v) is 16.0. The maximum absolute atomic E-state index is 13.7. The molecule has 0 spiro atoms. The number of methoxy groups -OCH3 is 2. The monoisotopic (exact) mass is 695 g/mol. The van der Waals surface area contributed by atoms with Crippen molar-refractivity contribution in [2.24, 2.45) is 0 Å². The van der Waals surface area contributed by atoms with Gasteiger partial charge in [0.15, 0.2) is 6.61 Å². The number of rotatable bonds is 14. The first-order valence-electron chi connectivity index (χ1n) is 16.0. The number of amides is 5. The van der Waals surface area contributed by atoms with Crippen LogP contribution in [-0.2, 0) is 23.9 Å². The zero-order chi connectivity index (χ0) is 36.9. The molecule has 0 fully saturated rings. The molecule has 266 valence electrons. The smallest absolute Gasteiger partial charge is 0.319 e. The van der Waals surface area contributed by atoms with E-state index in [1.807, 2.05) is 6.07 Å². The van der Waals surface area contributed by atoms with Crippen molar-refractivity contribution >= 4 is 52.5 Å². The summed E-state index contributed by atoms with van der Waals surface area (Å²) in [6.45, 7) is 0.568. The Kier molecular flexibility index (Phi) is 13.1. The van der Waals surface area contributed by atoms with Gasteiger partial charge in [0.25, 0.3) is 5.91 Å². The Labute approximate surface area is 296 Å². The van der Waals surface area contributed by atoms with Gasteiger partial charge in [0.05, 0.1) is 26.7 Å². The number of urea groups is 1. The van der Waals surface area contributed by atoms with Crippen LogP contribution in [0.5, 0.6) is 11.5 Å². The molecule has 4 aromatic carbocycles. The van der Waals surface area contributed by atoms with Crippen molar-refractivity contribution in [2.45, 2.75) is 12.8 Å². The largest absolute Gasteiger partial charge is 0.497 e. The van der Waals surface area contributed by atoms with Crippen LogP contribution < -0.4 is 34.8 Å². The van der Waals surface area contributed by atoms with E-state index in [2.05, 4.69) is 10.6 Å². The van der Waals surface area contributed by atoms with Gasteiger partial charge in [-0.05, 0) is 61.0 Å². The number of carbonyl (C=O) groups excluding carboxylic acids is 5. The summed E-state index contributed by atoms with van der Waals surface area (Å²) in [7, 11) is 6.06.